The van der Waals surface area contributed by atoms with Crippen LogP contribution in [0.15, 0.2) is 18.5 Å². The van der Waals surface area contributed by atoms with Crippen LogP contribution in [-0.2, 0) is 6.54 Å². The van der Waals surface area contributed by atoms with Crippen LogP contribution in [0.4, 0.5) is 13.2 Å². The van der Waals surface area contributed by atoms with Gasteiger partial charge in [0.15, 0.2) is 0 Å². The molecule has 1 saturated heterocycles. The van der Waals surface area contributed by atoms with E-state index in [-0.39, 0.29) is 0 Å². The highest BCUT2D eigenvalue weighted by Crippen LogP contribution is 2.22. The van der Waals surface area contributed by atoms with Crippen molar-refractivity contribution in [2.45, 2.75) is 19.1 Å². The van der Waals surface area contributed by atoms with Crippen molar-refractivity contribution in [3.63, 3.8) is 0 Å². The number of hydrogen-bond acceptors (Lipinski definition) is 2. The molecule has 6 heteroatoms. The number of H-pyrrole nitrogens is 1. The molecule has 1 aliphatic rings. The number of halogens is 3. The van der Waals surface area contributed by atoms with Crippen LogP contribution in [0.2, 0.25) is 0 Å². The van der Waals surface area contributed by atoms with Gasteiger partial charge in [-0.3, -0.25) is 4.90 Å². The minimum atomic E-state index is -4.08. The zero-order valence-electron chi connectivity index (χ0n) is 10.1. The molecule has 2 heterocycles. The van der Waals surface area contributed by atoms with Crippen molar-refractivity contribution in [3.8, 4) is 0 Å². The SMILES string of the molecule is FC(F)(F)CN1CCC(CNCc2cc[nH]c2)C1. The number of alkyl halides is 3. The number of aromatic amines is 1. The Morgan fingerprint density at radius 2 is 2.28 bits per heavy atom. The third-order valence-corrected chi connectivity index (χ3v) is 3.20. The first-order valence-electron chi connectivity index (χ1n) is 6.14. The van der Waals surface area contributed by atoms with Crippen LogP contribution in [-0.4, -0.2) is 42.2 Å². The van der Waals surface area contributed by atoms with E-state index in [0.29, 0.717) is 19.0 Å². The molecule has 0 bridgehead atoms. The Hall–Kier alpha value is -1.01. The number of nitrogens with zero attached hydrogens (tertiary/aromatic N) is 1. The summed E-state index contributed by atoms with van der Waals surface area (Å²) in [5.74, 6) is 0.325. The molecular formula is C12H18F3N3. The highest BCUT2D eigenvalue weighted by atomic mass is 19.4. The zero-order valence-corrected chi connectivity index (χ0v) is 10.1. The standard InChI is InChI=1S/C12H18F3N3/c13-12(14,15)9-18-4-2-11(8-18)7-17-6-10-1-3-16-5-10/h1,3,5,11,16-17H,2,4,6-9H2. The fraction of sp³-hybridized carbons (Fsp3) is 0.667. The highest BCUT2D eigenvalue weighted by Gasteiger charge is 2.34. The van der Waals surface area contributed by atoms with E-state index < -0.39 is 12.7 Å². The van der Waals surface area contributed by atoms with Gasteiger partial charge in [-0.15, -0.1) is 0 Å². The lowest BCUT2D eigenvalue weighted by atomic mass is 10.1. The summed E-state index contributed by atoms with van der Waals surface area (Å²) in [4.78, 5) is 4.46. The predicted molar refractivity (Wildman–Crippen MR) is 63.1 cm³/mol. The first kappa shape index (κ1) is 13.4. The Morgan fingerprint density at radius 1 is 1.44 bits per heavy atom. The summed E-state index contributed by atoms with van der Waals surface area (Å²) in [6.07, 6.45) is 0.541. The Labute approximate surface area is 104 Å². The van der Waals surface area contributed by atoms with Gasteiger partial charge < -0.3 is 10.3 Å². The van der Waals surface area contributed by atoms with Crippen LogP contribution in [0, 0.1) is 5.92 Å². The topological polar surface area (TPSA) is 31.1 Å². The molecule has 1 aliphatic heterocycles. The molecule has 0 aliphatic carbocycles. The first-order valence-corrected chi connectivity index (χ1v) is 6.14. The van der Waals surface area contributed by atoms with E-state index in [4.69, 9.17) is 0 Å². The van der Waals surface area contributed by atoms with Crippen molar-refractivity contribution >= 4 is 0 Å². The molecule has 0 saturated carbocycles. The molecule has 1 aromatic heterocycles. The van der Waals surface area contributed by atoms with Gasteiger partial charge >= 0.3 is 6.18 Å². The molecule has 1 fully saturated rings. The summed E-state index contributed by atoms with van der Waals surface area (Å²) in [5.41, 5.74) is 1.17. The average molecular weight is 261 g/mol. The van der Waals surface area contributed by atoms with E-state index >= 15 is 0 Å². The minimum absolute atomic E-state index is 0.325. The van der Waals surface area contributed by atoms with E-state index in [1.807, 2.05) is 18.5 Å². The maximum atomic E-state index is 12.2. The van der Waals surface area contributed by atoms with Crippen molar-refractivity contribution in [2.24, 2.45) is 5.92 Å². The van der Waals surface area contributed by atoms with Crippen molar-refractivity contribution < 1.29 is 13.2 Å². The lowest BCUT2D eigenvalue weighted by molar-refractivity contribution is -0.143. The van der Waals surface area contributed by atoms with Crippen LogP contribution in [0.3, 0.4) is 0 Å². The Balaban J connectivity index is 1.64. The Bertz CT molecular complexity index is 348. The van der Waals surface area contributed by atoms with Gasteiger partial charge in [-0.2, -0.15) is 13.2 Å². The fourth-order valence-electron chi connectivity index (χ4n) is 2.37. The van der Waals surface area contributed by atoms with Gasteiger partial charge in [-0.05, 0) is 37.1 Å². The van der Waals surface area contributed by atoms with E-state index in [1.165, 1.54) is 10.5 Å². The second-order valence-electron chi connectivity index (χ2n) is 4.86. The highest BCUT2D eigenvalue weighted by molar-refractivity contribution is 5.07. The monoisotopic (exact) mass is 261 g/mol. The Morgan fingerprint density at radius 3 is 2.94 bits per heavy atom. The van der Waals surface area contributed by atoms with Gasteiger partial charge in [0, 0.05) is 25.5 Å². The summed E-state index contributed by atoms with van der Waals surface area (Å²) >= 11 is 0. The van der Waals surface area contributed by atoms with E-state index in [1.54, 1.807) is 0 Å². The van der Waals surface area contributed by atoms with Gasteiger partial charge in [0.25, 0.3) is 0 Å². The van der Waals surface area contributed by atoms with Gasteiger partial charge in [-0.25, -0.2) is 0 Å². The predicted octanol–water partition coefficient (Wildman–Crippen LogP) is 1.99. The van der Waals surface area contributed by atoms with Gasteiger partial charge in [0.05, 0.1) is 6.54 Å². The molecule has 0 amide bonds. The zero-order chi connectivity index (χ0) is 13.0. The molecule has 2 N–H and O–H groups in total. The fourth-order valence-corrected chi connectivity index (χ4v) is 2.37. The summed E-state index contributed by atoms with van der Waals surface area (Å²) in [6.45, 7) is 1.86. The molecule has 1 aromatic rings. The van der Waals surface area contributed by atoms with Gasteiger partial charge in [0.1, 0.15) is 0 Å². The molecule has 2 rings (SSSR count). The number of nitrogens with one attached hydrogen (secondary N) is 2. The largest absolute Gasteiger partial charge is 0.401 e. The van der Waals surface area contributed by atoms with Crippen LogP contribution >= 0.6 is 0 Å². The van der Waals surface area contributed by atoms with Crippen LogP contribution < -0.4 is 5.32 Å². The molecule has 18 heavy (non-hydrogen) atoms. The lowest BCUT2D eigenvalue weighted by Crippen LogP contribution is -2.33. The van der Waals surface area contributed by atoms with Crippen molar-refractivity contribution in [2.75, 3.05) is 26.2 Å². The molecular weight excluding hydrogens is 243 g/mol. The molecule has 0 spiro atoms. The van der Waals surface area contributed by atoms with Crippen molar-refractivity contribution in [3.05, 3.63) is 24.0 Å². The minimum Gasteiger partial charge on any atom is -0.367 e. The van der Waals surface area contributed by atoms with Gasteiger partial charge in [-0.1, -0.05) is 0 Å². The van der Waals surface area contributed by atoms with Crippen molar-refractivity contribution in [1.82, 2.24) is 15.2 Å². The molecule has 102 valence electrons. The second kappa shape index (κ2) is 5.75. The quantitative estimate of drug-likeness (QED) is 0.849. The third-order valence-electron chi connectivity index (χ3n) is 3.20. The molecule has 1 unspecified atom stereocenters. The molecule has 0 aromatic carbocycles. The average Bonchev–Trinajstić information content (AvgIpc) is 2.88. The van der Waals surface area contributed by atoms with Gasteiger partial charge in [0.2, 0.25) is 0 Å². The van der Waals surface area contributed by atoms with E-state index in [0.717, 1.165) is 19.5 Å². The lowest BCUT2D eigenvalue weighted by Gasteiger charge is -2.17. The summed E-state index contributed by atoms with van der Waals surface area (Å²) in [5, 5.41) is 3.29. The number of hydrogen-bond donors (Lipinski definition) is 2. The van der Waals surface area contributed by atoms with E-state index in [2.05, 4.69) is 10.3 Å². The maximum Gasteiger partial charge on any atom is 0.401 e. The molecule has 1 atom stereocenters. The smallest absolute Gasteiger partial charge is 0.367 e. The number of likely N-dealkylation sites (tertiary alicyclic amines) is 1. The molecule has 3 nitrogen and oxygen atoms in total. The summed E-state index contributed by atoms with van der Waals surface area (Å²) in [7, 11) is 0. The number of rotatable bonds is 5. The van der Waals surface area contributed by atoms with Crippen molar-refractivity contribution in [1.29, 1.82) is 0 Å². The normalized spacial score (nSPS) is 21.6. The maximum absolute atomic E-state index is 12.2. The summed E-state index contributed by atoms with van der Waals surface area (Å²) in [6, 6.07) is 1.98. The molecule has 0 radical (unpaired) electrons. The number of aromatic nitrogens is 1. The van der Waals surface area contributed by atoms with Crippen LogP contribution in [0.25, 0.3) is 0 Å². The summed E-state index contributed by atoms with van der Waals surface area (Å²) < 4.78 is 36.6. The first-order chi connectivity index (χ1) is 8.53. The Kier molecular flexibility index (Phi) is 4.29. The third kappa shape index (κ3) is 4.34. The van der Waals surface area contributed by atoms with Crippen LogP contribution in [0.5, 0.6) is 0 Å². The second-order valence-corrected chi connectivity index (χ2v) is 4.86. The van der Waals surface area contributed by atoms with E-state index in [9.17, 15) is 13.2 Å². The van der Waals surface area contributed by atoms with Crippen LogP contribution in [0.1, 0.15) is 12.0 Å².